The van der Waals surface area contributed by atoms with E-state index in [0.29, 0.717) is 11.1 Å². The van der Waals surface area contributed by atoms with Crippen LogP contribution in [0.25, 0.3) is 22.3 Å². The van der Waals surface area contributed by atoms with Gasteiger partial charge in [-0.1, -0.05) is 68.3 Å². The minimum Gasteiger partial charge on any atom is -0.385 e. The molecule has 1 saturated carbocycles. The average Bonchev–Trinajstić information content (AvgIpc) is 2.90. The quantitative estimate of drug-likeness (QED) is 0.243. The molecule has 1 nitrogen and oxygen atoms in total. The summed E-state index contributed by atoms with van der Waals surface area (Å²) in [6.45, 7) is 3.03. The zero-order chi connectivity index (χ0) is 25.3. The highest BCUT2D eigenvalue weighted by molar-refractivity contribution is 5.71. The standard InChI is InChI=1S/C33H40F2O/c1-3-4-5-7-24-9-13-26(14-10-24)28-17-19-31(32(34)22-28)29-18-20-30(33(35)23-29)27-15-11-25(12-16-27)8-6-21-36-2/h9-10,13-14,17-20,22-23,25,27H,3-8,11-12,15-16,21H2,1-2H3. The van der Waals surface area contributed by atoms with E-state index in [2.05, 4.69) is 31.2 Å². The first-order valence-electron chi connectivity index (χ1n) is 13.8. The lowest BCUT2D eigenvalue weighted by Gasteiger charge is -2.29. The number of aryl methyl sites for hydroxylation is 1. The molecule has 0 aromatic heterocycles. The monoisotopic (exact) mass is 490 g/mol. The van der Waals surface area contributed by atoms with Gasteiger partial charge in [0.2, 0.25) is 0 Å². The number of rotatable bonds is 11. The number of methoxy groups -OCH3 is 1. The first-order chi connectivity index (χ1) is 17.6. The summed E-state index contributed by atoms with van der Waals surface area (Å²) < 4.78 is 35.5. The molecule has 3 aromatic carbocycles. The zero-order valence-electron chi connectivity index (χ0n) is 21.9. The summed E-state index contributed by atoms with van der Waals surface area (Å²) in [5.74, 6) is 0.458. The van der Waals surface area contributed by atoms with Crippen molar-refractivity contribution in [1.82, 2.24) is 0 Å². The van der Waals surface area contributed by atoms with E-state index in [1.807, 2.05) is 18.2 Å². The summed E-state index contributed by atoms with van der Waals surface area (Å²) in [7, 11) is 1.75. The Kier molecular flexibility index (Phi) is 9.69. The van der Waals surface area contributed by atoms with Crippen molar-refractivity contribution < 1.29 is 13.5 Å². The number of benzene rings is 3. The molecular weight excluding hydrogens is 450 g/mol. The molecule has 0 heterocycles. The summed E-state index contributed by atoms with van der Waals surface area (Å²) in [4.78, 5) is 0. The lowest BCUT2D eigenvalue weighted by Crippen LogP contribution is -2.15. The van der Waals surface area contributed by atoms with Crippen LogP contribution in [0.5, 0.6) is 0 Å². The van der Waals surface area contributed by atoms with Crippen LogP contribution in [0.4, 0.5) is 8.78 Å². The SMILES string of the molecule is CCCCCc1ccc(-c2ccc(-c3ccc(C4CCC(CCCOC)CC4)c(F)c3)c(F)c2)cc1. The highest BCUT2D eigenvalue weighted by Crippen LogP contribution is 2.39. The van der Waals surface area contributed by atoms with Gasteiger partial charge in [0.05, 0.1) is 0 Å². The second-order valence-electron chi connectivity index (χ2n) is 10.4. The Hall–Kier alpha value is -2.52. The van der Waals surface area contributed by atoms with Gasteiger partial charge in [0.15, 0.2) is 0 Å². The Morgan fingerprint density at radius 3 is 2.11 bits per heavy atom. The Morgan fingerprint density at radius 1 is 0.750 bits per heavy atom. The third kappa shape index (κ3) is 6.82. The van der Waals surface area contributed by atoms with E-state index in [0.717, 1.165) is 67.7 Å². The summed E-state index contributed by atoms with van der Waals surface area (Å²) >= 11 is 0. The van der Waals surface area contributed by atoms with Gasteiger partial charge in [-0.3, -0.25) is 0 Å². The number of halogens is 2. The fourth-order valence-corrected chi connectivity index (χ4v) is 5.68. The Balaban J connectivity index is 1.41. The van der Waals surface area contributed by atoms with Crippen molar-refractivity contribution in [2.75, 3.05) is 13.7 Å². The van der Waals surface area contributed by atoms with E-state index >= 15 is 8.78 Å². The fourth-order valence-electron chi connectivity index (χ4n) is 5.68. The maximum atomic E-state index is 15.2. The molecule has 36 heavy (non-hydrogen) atoms. The summed E-state index contributed by atoms with van der Waals surface area (Å²) in [6.07, 6.45) is 11.4. The first kappa shape index (κ1) is 26.5. The maximum Gasteiger partial charge on any atom is 0.131 e. The summed E-state index contributed by atoms with van der Waals surface area (Å²) in [5, 5.41) is 0. The molecule has 0 amide bonds. The third-order valence-corrected chi connectivity index (χ3v) is 7.88. The van der Waals surface area contributed by atoms with Crippen molar-refractivity contribution in [2.24, 2.45) is 5.92 Å². The number of hydrogen-bond donors (Lipinski definition) is 0. The number of hydrogen-bond acceptors (Lipinski definition) is 1. The largest absolute Gasteiger partial charge is 0.385 e. The minimum absolute atomic E-state index is 0.211. The van der Waals surface area contributed by atoms with Gasteiger partial charge in [0, 0.05) is 19.3 Å². The minimum atomic E-state index is -0.316. The molecule has 4 rings (SSSR count). The first-order valence-corrected chi connectivity index (χ1v) is 13.8. The van der Waals surface area contributed by atoms with E-state index in [-0.39, 0.29) is 17.6 Å². The van der Waals surface area contributed by atoms with E-state index in [1.54, 1.807) is 19.2 Å². The van der Waals surface area contributed by atoms with Crippen LogP contribution >= 0.6 is 0 Å². The third-order valence-electron chi connectivity index (χ3n) is 7.88. The fraction of sp³-hybridized carbons (Fsp3) is 0.455. The molecule has 192 valence electrons. The summed E-state index contributed by atoms with van der Waals surface area (Å²) in [5.41, 5.74) is 4.99. The molecule has 0 saturated heterocycles. The van der Waals surface area contributed by atoms with Crippen LogP contribution in [0, 0.1) is 17.6 Å². The molecule has 0 spiro atoms. The second-order valence-corrected chi connectivity index (χ2v) is 10.4. The molecule has 0 radical (unpaired) electrons. The van der Waals surface area contributed by atoms with Crippen LogP contribution in [0.15, 0.2) is 60.7 Å². The van der Waals surface area contributed by atoms with Crippen LogP contribution in [0.1, 0.15) is 81.8 Å². The molecule has 0 unspecified atom stereocenters. The van der Waals surface area contributed by atoms with Gasteiger partial charge in [-0.25, -0.2) is 8.78 Å². The summed E-state index contributed by atoms with van der Waals surface area (Å²) in [6, 6.07) is 19.0. The van der Waals surface area contributed by atoms with Crippen LogP contribution in [-0.4, -0.2) is 13.7 Å². The molecule has 3 aromatic rings. The van der Waals surface area contributed by atoms with Gasteiger partial charge < -0.3 is 4.74 Å². The number of ether oxygens (including phenoxy) is 1. The Bertz CT molecular complexity index is 1100. The molecular formula is C33H40F2O. The second kappa shape index (κ2) is 13.1. The van der Waals surface area contributed by atoms with Gasteiger partial charge in [0.25, 0.3) is 0 Å². The van der Waals surface area contributed by atoms with Crippen LogP contribution in [0.2, 0.25) is 0 Å². The number of unbranched alkanes of at least 4 members (excludes halogenated alkanes) is 2. The van der Waals surface area contributed by atoms with Crippen molar-refractivity contribution in [1.29, 1.82) is 0 Å². The Labute approximate surface area is 215 Å². The zero-order valence-corrected chi connectivity index (χ0v) is 21.9. The highest BCUT2D eigenvalue weighted by atomic mass is 19.1. The van der Waals surface area contributed by atoms with Crippen LogP contribution in [0.3, 0.4) is 0 Å². The molecule has 3 heteroatoms. The van der Waals surface area contributed by atoms with Crippen molar-refractivity contribution in [2.45, 2.75) is 77.0 Å². The van der Waals surface area contributed by atoms with E-state index < -0.39 is 0 Å². The molecule has 0 atom stereocenters. The topological polar surface area (TPSA) is 9.23 Å². The van der Waals surface area contributed by atoms with Crippen molar-refractivity contribution in [3.05, 3.63) is 83.4 Å². The lowest BCUT2D eigenvalue weighted by molar-refractivity contribution is 0.180. The van der Waals surface area contributed by atoms with Gasteiger partial charge in [0.1, 0.15) is 11.6 Å². The van der Waals surface area contributed by atoms with Crippen molar-refractivity contribution in [3.8, 4) is 22.3 Å². The van der Waals surface area contributed by atoms with E-state index in [9.17, 15) is 0 Å². The van der Waals surface area contributed by atoms with Gasteiger partial charge in [-0.05, 0) is 103 Å². The van der Waals surface area contributed by atoms with E-state index in [1.165, 1.54) is 37.3 Å². The normalized spacial score (nSPS) is 17.9. The van der Waals surface area contributed by atoms with Crippen LogP contribution in [-0.2, 0) is 11.2 Å². The molecule has 0 N–H and O–H groups in total. The van der Waals surface area contributed by atoms with Gasteiger partial charge in [-0.2, -0.15) is 0 Å². The smallest absolute Gasteiger partial charge is 0.131 e. The molecule has 0 aliphatic heterocycles. The van der Waals surface area contributed by atoms with Crippen molar-refractivity contribution >= 4 is 0 Å². The average molecular weight is 491 g/mol. The van der Waals surface area contributed by atoms with Crippen LogP contribution < -0.4 is 0 Å². The van der Waals surface area contributed by atoms with Gasteiger partial charge in [-0.15, -0.1) is 0 Å². The molecule has 1 aliphatic rings. The maximum absolute atomic E-state index is 15.2. The van der Waals surface area contributed by atoms with Gasteiger partial charge >= 0.3 is 0 Å². The predicted molar refractivity (Wildman–Crippen MR) is 146 cm³/mol. The van der Waals surface area contributed by atoms with Crippen molar-refractivity contribution in [3.63, 3.8) is 0 Å². The predicted octanol–water partition coefficient (Wildman–Crippen LogP) is 9.73. The highest BCUT2D eigenvalue weighted by Gasteiger charge is 2.24. The molecule has 1 aliphatic carbocycles. The Morgan fingerprint density at radius 2 is 1.44 bits per heavy atom. The molecule has 0 bridgehead atoms. The molecule has 1 fully saturated rings. The van der Waals surface area contributed by atoms with E-state index in [4.69, 9.17) is 4.74 Å². The lowest BCUT2D eigenvalue weighted by atomic mass is 9.77.